The van der Waals surface area contributed by atoms with Crippen molar-refractivity contribution in [3.63, 3.8) is 0 Å². The van der Waals surface area contributed by atoms with Crippen LogP contribution in [-0.4, -0.2) is 30.4 Å². The summed E-state index contributed by atoms with van der Waals surface area (Å²) in [6.07, 6.45) is 0. The molecule has 0 N–H and O–H groups in total. The predicted octanol–water partition coefficient (Wildman–Crippen LogP) is 8.99. The number of rotatable bonds is 4. The van der Waals surface area contributed by atoms with E-state index in [4.69, 9.17) is 8.23 Å². The molecule has 4 aromatic rings. The zero-order valence-corrected chi connectivity index (χ0v) is 38.4. The highest BCUT2D eigenvalue weighted by Crippen LogP contribution is 2.70. The van der Waals surface area contributed by atoms with Gasteiger partial charge in [-0.2, -0.15) is 0 Å². The summed E-state index contributed by atoms with van der Waals surface area (Å²) in [5, 5.41) is 6.03. The van der Waals surface area contributed by atoms with Crippen molar-refractivity contribution >= 4 is 51.1 Å². The fraction of sp³-hybridized carbons (Fsp3) is 0.455. The third-order valence-corrected chi connectivity index (χ3v) is 70.1. The minimum Gasteiger partial charge on any atom is -0.438 e. The molecule has 2 unspecified atom stereocenters. The van der Waals surface area contributed by atoms with Crippen LogP contribution in [0.15, 0.2) is 48.5 Å². The molecule has 4 aromatic carbocycles. The Labute approximate surface area is 307 Å². The van der Waals surface area contributed by atoms with Gasteiger partial charge >= 0.3 is 8.08 Å². The standard InChI is InChI=1S/C44H62O2Si4/c1-27-19-31(5)39(32(6)20-27)47(40-33(7)21-28(2)22-34(40)8)45-49(43(13,14)15)46-50(47,44(16,17)18)48(49,41-35(9)23-29(3)24-36(41)10)42-37(11)25-30(4)26-38(42)12/h19-26H,1-18H3. The number of benzene rings is 4. The van der Waals surface area contributed by atoms with Gasteiger partial charge in [0.15, 0.2) is 7.11 Å². The van der Waals surface area contributed by atoms with E-state index in [1.165, 1.54) is 77.1 Å². The average molecular weight is 735 g/mol. The number of hydrogen-bond donors (Lipinski definition) is 0. The normalized spacial score (nSPS) is 22.5. The molecule has 3 aliphatic heterocycles. The fourth-order valence-electron chi connectivity index (χ4n) is 11.8. The molecular weight excluding hydrogens is 673 g/mol. The first-order chi connectivity index (χ1) is 22.9. The van der Waals surface area contributed by atoms with Gasteiger partial charge in [-0.15, -0.1) is 0 Å². The molecule has 6 heteroatoms. The van der Waals surface area contributed by atoms with Crippen molar-refractivity contribution in [2.75, 3.05) is 0 Å². The van der Waals surface area contributed by atoms with Crippen LogP contribution in [0.2, 0.25) is 10.1 Å². The van der Waals surface area contributed by atoms with Crippen molar-refractivity contribution in [3.8, 4) is 0 Å². The van der Waals surface area contributed by atoms with Gasteiger partial charge in [-0.05, 0) is 131 Å². The molecule has 7 rings (SSSR count). The molecule has 0 aliphatic carbocycles. The average Bonchev–Trinajstić information content (AvgIpc) is 3.36. The second kappa shape index (κ2) is 11.6. The second-order valence-corrected chi connectivity index (χ2v) is 46.4. The highest BCUT2D eigenvalue weighted by atomic mass is 29.9. The van der Waals surface area contributed by atoms with Gasteiger partial charge in [0.25, 0.3) is 7.83 Å². The Hall–Kier alpha value is -2.33. The van der Waals surface area contributed by atoms with E-state index < -0.39 is 30.4 Å². The van der Waals surface area contributed by atoms with E-state index in [9.17, 15) is 0 Å². The van der Waals surface area contributed by atoms with Gasteiger partial charge in [-0.3, -0.25) is 0 Å². The summed E-state index contributed by atoms with van der Waals surface area (Å²) in [5.41, 5.74) is 16.7. The zero-order valence-electron chi connectivity index (χ0n) is 34.4. The molecule has 3 aliphatic rings. The van der Waals surface area contributed by atoms with Crippen molar-refractivity contribution in [2.24, 2.45) is 0 Å². The minimum absolute atomic E-state index is 0.120. The fourth-order valence-corrected chi connectivity index (χ4v) is 107. The summed E-state index contributed by atoms with van der Waals surface area (Å²) in [5.74, 6) is 0. The van der Waals surface area contributed by atoms with E-state index in [1.807, 2.05) is 0 Å². The Morgan fingerprint density at radius 2 is 0.620 bits per heavy atom. The first kappa shape index (κ1) is 37.4. The molecule has 2 atom stereocenters. The van der Waals surface area contributed by atoms with Crippen LogP contribution >= 0.6 is 0 Å². The second-order valence-electron chi connectivity index (χ2n) is 18.5. The Kier molecular flexibility index (Phi) is 8.67. The molecule has 3 saturated heterocycles. The van der Waals surface area contributed by atoms with E-state index in [2.05, 4.69) is 173 Å². The summed E-state index contributed by atoms with van der Waals surface area (Å²) >= 11 is 0. The maximum atomic E-state index is 8.86. The highest BCUT2D eigenvalue weighted by molar-refractivity contribution is 7.99. The first-order valence-electron chi connectivity index (χ1n) is 18.7. The van der Waals surface area contributed by atoms with Crippen LogP contribution in [-0.2, 0) is 8.23 Å². The quantitative estimate of drug-likeness (QED) is 0.195. The largest absolute Gasteiger partial charge is 0.438 e. The molecule has 0 saturated carbocycles. The van der Waals surface area contributed by atoms with E-state index in [0.717, 1.165) is 0 Å². The monoisotopic (exact) mass is 734 g/mol. The smallest absolute Gasteiger partial charge is 0.312 e. The molecule has 0 aromatic heterocycles. The topological polar surface area (TPSA) is 18.5 Å². The lowest BCUT2D eigenvalue weighted by Gasteiger charge is -2.68. The van der Waals surface area contributed by atoms with Crippen LogP contribution in [0.4, 0.5) is 0 Å². The summed E-state index contributed by atoms with van der Waals surface area (Å²) < 4.78 is 17.4. The summed E-state index contributed by atoms with van der Waals surface area (Å²) in [6, 6.07) is 19.7. The maximum absolute atomic E-state index is 8.86. The molecule has 2 nitrogen and oxygen atoms in total. The van der Waals surface area contributed by atoms with Gasteiger partial charge in [0.1, 0.15) is 0 Å². The number of fused-ring (bicyclic) bond motifs is 1. The van der Waals surface area contributed by atoms with Crippen LogP contribution in [0.25, 0.3) is 0 Å². The lowest BCUT2D eigenvalue weighted by Crippen LogP contribution is -3.04. The summed E-state index contributed by atoms with van der Waals surface area (Å²) in [6.45, 7) is 43.4. The molecule has 3 fully saturated rings. The third-order valence-electron chi connectivity index (χ3n) is 12.3. The van der Waals surface area contributed by atoms with Crippen molar-refractivity contribution in [3.05, 3.63) is 115 Å². The van der Waals surface area contributed by atoms with Crippen LogP contribution < -0.4 is 20.7 Å². The number of aryl methyl sites for hydroxylation is 12. The van der Waals surface area contributed by atoms with Crippen LogP contribution in [0, 0.1) is 83.1 Å². The van der Waals surface area contributed by atoms with Crippen molar-refractivity contribution in [1.82, 2.24) is 0 Å². The van der Waals surface area contributed by atoms with Crippen LogP contribution in [0.1, 0.15) is 108 Å². The molecule has 50 heavy (non-hydrogen) atoms. The molecule has 0 spiro atoms. The highest BCUT2D eigenvalue weighted by Gasteiger charge is 3.01. The van der Waals surface area contributed by atoms with E-state index in [0.29, 0.717) is 0 Å². The Bertz CT molecular complexity index is 1870. The molecule has 0 amide bonds. The summed E-state index contributed by atoms with van der Waals surface area (Å²) in [4.78, 5) is 0. The SMILES string of the molecule is Cc1cc(C)c([Si]2(c3c(C)cc(C)cc3C)O[Si]3(C(C)(C)C)O[Si]2(C(C)(C)C)[Si]3(c2c(C)cc(C)cc2C)c2c(C)cc(C)cc2C)c(C)c1. The number of hydrogen-bond acceptors (Lipinski definition) is 2. The maximum Gasteiger partial charge on any atom is 0.312 e. The zero-order chi connectivity index (χ0) is 37.3. The molecular formula is C44H62O2Si4. The molecule has 0 radical (unpaired) electrons. The predicted molar refractivity (Wildman–Crippen MR) is 226 cm³/mol. The Balaban J connectivity index is 2.04. The van der Waals surface area contributed by atoms with Gasteiger partial charge in [-0.25, -0.2) is 0 Å². The minimum atomic E-state index is -3.19. The Morgan fingerprint density at radius 3 is 0.860 bits per heavy atom. The Morgan fingerprint density at radius 1 is 0.360 bits per heavy atom. The lowest BCUT2D eigenvalue weighted by molar-refractivity contribution is 0.380. The van der Waals surface area contributed by atoms with Crippen LogP contribution in [0.5, 0.6) is 0 Å². The van der Waals surface area contributed by atoms with Gasteiger partial charge in [0.2, 0.25) is 7.35 Å². The van der Waals surface area contributed by atoms with Gasteiger partial charge in [0, 0.05) is 5.04 Å². The van der Waals surface area contributed by atoms with Crippen molar-refractivity contribution in [2.45, 2.75) is 135 Å². The molecule has 3 heterocycles. The van der Waals surface area contributed by atoms with Gasteiger partial charge in [0.05, 0.1) is 0 Å². The third kappa shape index (κ3) is 4.48. The van der Waals surface area contributed by atoms with E-state index in [-0.39, 0.29) is 10.1 Å². The van der Waals surface area contributed by atoms with Crippen LogP contribution in [0.3, 0.4) is 0 Å². The van der Waals surface area contributed by atoms with Gasteiger partial charge < -0.3 is 8.23 Å². The summed E-state index contributed by atoms with van der Waals surface area (Å²) in [7, 11) is -12.3. The van der Waals surface area contributed by atoms with Crippen molar-refractivity contribution < 1.29 is 8.23 Å². The molecule has 266 valence electrons. The van der Waals surface area contributed by atoms with Gasteiger partial charge in [-0.1, -0.05) is 135 Å². The molecule has 2 bridgehead atoms. The van der Waals surface area contributed by atoms with Crippen molar-refractivity contribution in [1.29, 1.82) is 0 Å². The van der Waals surface area contributed by atoms with E-state index >= 15 is 0 Å². The van der Waals surface area contributed by atoms with E-state index in [1.54, 1.807) is 10.4 Å². The lowest BCUT2D eigenvalue weighted by atomic mass is 10.1. The first-order valence-corrected chi connectivity index (χ1v) is 29.3.